The van der Waals surface area contributed by atoms with Crippen molar-refractivity contribution in [3.8, 4) is 0 Å². The number of nitrogens with one attached hydrogen (secondary N) is 2. The molecule has 0 saturated carbocycles. The summed E-state index contributed by atoms with van der Waals surface area (Å²) in [7, 11) is 0. The molecule has 2 N–H and O–H groups in total. The van der Waals surface area contributed by atoms with Gasteiger partial charge in [0.15, 0.2) is 0 Å². The highest BCUT2D eigenvalue weighted by Crippen LogP contribution is 2.25. The molecule has 0 fully saturated rings. The van der Waals surface area contributed by atoms with E-state index in [2.05, 4.69) is 15.6 Å². The Hall–Kier alpha value is -1.62. The second kappa shape index (κ2) is 7.98. The maximum atomic E-state index is 11.8. The number of nitrogens with zero attached hydrogens (tertiary/aromatic N) is 1. The van der Waals surface area contributed by atoms with Gasteiger partial charge in [-0.05, 0) is 35.9 Å². The quantitative estimate of drug-likeness (QED) is 0.800. The van der Waals surface area contributed by atoms with Crippen LogP contribution in [0.5, 0.6) is 0 Å². The Kier molecular flexibility index (Phi) is 5.99. The van der Waals surface area contributed by atoms with Crippen LogP contribution in [0.25, 0.3) is 0 Å². The summed E-state index contributed by atoms with van der Waals surface area (Å²) < 4.78 is 0. The van der Waals surface area contributed by atoms with E-state index in [1.54, 1.807) is 30.6 Å². The Labute approximate surface area is 133 Å². The van der Waals surface area contributed by atoms with E-state index in [1.807, 2.05) is 12.1 Å². The molecule has 0 aliphatic heterocycles. The van der Waals surface area contributed by atoms with Crippen molar-refractivity contribution in [3.05, 3.63) is 58.3 Å². The minimum absolute atomic E-state index is 0.110. The molecule has 0 atom stereocenters. The Bertz CT molecular complexity index is 605. The number of halogens is 2. The van der Waals surface area contributed by atoms with Crippen LogP contribution in [0.2, 0.25) is 10.0 Å². The van der Waals surface area contributed by atoms with E-state index in [-0.39, 0.29) is 5.91 Å². The highest BCUT2D eigenvalue weighted by Gasteiger charge is 2.06. The van der Waals surface area contributed by atoms with E-state index in [0.29, 0.717) is 35.2 Å². The molecule has 0 spiro atoms. The summed E-state index contributed by atoms with van der Waals surface area (Å²) in [5.74, 6) is -0.110. The lowest BCUT2D eigenvalue weighted by atomic mass is 10.2. The van der Waals surface area contributed by atoms with Crippen LogP contribution in [0.3, 0.4) is 0 Å². The van der Waals surface area contributed by atoms with Crippen molar-refractivity contribution in [1.29, 1.82) is 0 Å². The molecule has 0 radical (unpaired) electrons. The first-order valence-electron chi connectivity index (χ1n) is 6.49. The van der Waals surface area contributed by atoms with Crippen LogP contribution in [0, 0.1) is 0 Å². The number of anilines is 1. The molecule has 21 heavy (non-hydrogen) atoms. The number of pyridine rings is 1. The lowest BCUT2D eigenvalue weighted by Gasteiger charge is -2.08. The van der Waals surface area contributed by atoms with E-state index in [9.17, 15) is 4.79 Å². The van der Waals surface area contributed by atoms with Crippen LogP contribution in [0.1, 0.15) is 12.0 Å². The molecule has 2 rings (SSSR count). The zero-order chi connectivity index (χ0) is 15.1. The van der Waals surface area contributed by atoms with Gasteiger partial charge >= 0.3 is 0 Å². The van der Waals surface area contributed by atoms with Crippen molar-refractivity contribution in [1.82, 2.24) is 10.3 Å². The van der Waals surface area contributed by atoms with Gasteiger partial charge in [-0.15, -0.1) is 0 Å². The fraction of sp³-hybridized carbons (Fsp3) is 0.200. The predicted octanol–water partition coefficient (Wildman–Crippen LogP) is 3.51. The predicted molar refractivity (Wildman–Crippen MR) is 85.7 cm³/mol. The number of amides is 1. The minimum Gasteiger partial charge on any atom is -0.325 e. The molecule has 6 heteroatoms. The van der Waals surface area contributed by atoms with Gasteiger partial charge in [-0.3, -0.25) is 9.78 Å². The van der Waals surface area contributed by atoms with Crippen LogP contribution in [0.4, 0.5) is 5.69 Å². The average molecular weight is 324 g/mol. The molecular formula is C15H15Cl2N3O. The molecule has 0 aliphatic rings. The molecule has 1 aromatic heterocycles. The molecule has 1 aromatic carbocycles. The molecule has 4 nitrogen and oxygen atoms in total. The standard InChI is InChI=1S/C15H15Cl2N3O/c16-12-1-2-13(17)14(9-12)20-15(21)5-8-19-10-11-3-6-18-7-4-11/h1-4,6-7,9,19H,5,8,10H2,(H,20,21). The summed E-state index contributed by atoms with van der Waals surface area (Å²) in [6.45, 7) is 1.28. The van der Waals surface area contributed by atoms with Crippen molar-refractivity contribution >= 4 is 34.8 Å². The lowest BCUT2D eigenvalue weighted by molar-refractivity contribution is -0.116. The molecule has 0 bridgehead atoms. The van der Waals surface area contributed by atoms with Crippen LogP contribution in [0.15, 0.2) is 42.7 Å². The Morgan fingerprint density at radius 3 is 2.67 bits per heavy atom. The van der Waals surface area contributed by atoms with Crippen molar-refractivity contribution in [2.45, 2.75) is 13.0 Å². The molecule has 2 aromatic rings. The molecule has 1 amide bonds. The molecule has 0 unspecified atom stereocenters. The number of carbonyl (C=O) groups excluding carboxylic acids is 1. The van der Waals surface area contributed by atoms with E-state index in [1.165, 1.54) is 0 Å². The summed E-state index contributed by atoms with van der Waals surface area (Å²) in [5.41, 5.74) is 1.66. The minimum atomic E-state index is -0.110. The van der Waals surface area contributed by atoms with Gasteiger partial charge in [0.1, 0.15) is 0 Å². The van der Waals surface area contributed by atoms with E-state index >= 15 is 0 Å². The number of benzene rings is 1. The van der Waals surface area contributed by atoms with Crippen molar-refractivity contribution < 1.29 is 4.79 Å². The zero-order valence-corrected chi connectivity index (χ0v) is 12.8. The third kappa shape index (κ3) is 5.34. The summed E-state index contributed by atoms with van der Waals surface area (Å²) in [4.78, 5) is 15.8. The van der Waals surface area contributed by atoms with E-state index in [0.717, 1.165) is 5.56 Å². The average Bonchev–Trinajstić information content (AvgIpc) is 2.48. The van der Waals surface area contributed by atoms with Gasteiger partial charge in [-0.1, -0.05) is 23.2 Å². The van der Waals surface area contributed by atoms with Crippen LogP contribution in [-0.4, -0.2) is 17.4 Å². The smallest absolute Gasteiger partial charge is 0.225 e. The van der Waals surface area contributed by atoms with Crippen molar-refractivity contribution in [3.63, 3.8) is 0 Å². The first kappa shape index (κ1) is 15.8. The number of hydrogen-bond acceptors (Lipinski definition) is 3. The van der Waals surface area contributed by atoms with Gasteiger partial charge in [0.2, 0.25) is 5.91 Å². The van der Waals surface area contributed by atoms with Crippen LogP contribution in [-0.2, 0) is 11.3 Å². The normalized spacial score (nSPS) is 10.4. The van der Waals surface area contributed by atoms with E-state index in [4.69, 9.17) is 23.2 Å². The highest BCUT2D eigenvalue weighted by atomic mass is 35.5. The van der Waals surface area contributed by atoms with Gasteiger partial charge < -0.3 is 10.6 Å². The first-order valence-corrected chi connectivity index (χ1v) is 7.25. The van der Waals surface area contributed by atoms with E-state index < -0.39 is 0 Å². The Balaban J connectivity index is 1.74. The monoisotopic (exact) mass is 323 g/mol. The Morgan fingerprint density at radius 2 is 1.90 bits per heavy atom. The number of aromatic nitrogens is 1. The second-order valence-corrected chi connectivity index (χ2v) is 5.30. The third-order valence-corrected chi connectivity index (χ3v) is 3.37. The van der Waals surface area contributed by atoms with Gasteiger partial charge in [0, 0.05) is 36.9 Å². The molecule has 0 aliphatic carbocycles. The summed E-state index contributed by atoms with van der Waals surface area (Å²) >= 11 is 11.9. The molecular weight excluding hydrogens is 309 g/mol. The first-order chi connectivity index (χ1) is 10.1. The van der Waals surface area contributed by atoms with Gasteiger partial charge in [0.25, 0.3) is 0 Å². The van der Waals surface area contributed by atoms with Crippen molar-refractivity contribution in [2.75, 3.05) is 11.9 Å². The van der Waals surface area contributed by atoms with Crippen LogP contribution < -0.4 is 10.6 Å². The van der Waals surface area contributed by atoms with Crippen molar-refractivity contribution in [2.24, 2.45) is 0 Å². The topological polar surface area (TPSA) is 54.0 Å². The summed E-state index contributed by atoms with van der Waals surface area (Å²) in [5, 5.41) is 6.94. The lowest BCUT2D eigenvalue weighted by Crippen LogP contribution is -2.21. The SMILES string of the molecule is O=C(CCNCc1ccncc1)Nc1cc(Cl)ccc1Cl. The largest absolute Gasteiger partial charge is 0.325 e. The maximum absolute atomic E-state index is 11.8. The number of carbonyl (C=O) groups is 1. The maximum Gasteiger partial charge on any atom is 0.225 e. The fourth-order valence-electron chi connectivity index (χ4n) is 1.74. The van der Waals surface area contributed by atoms with Gasteiger partial charge in [-0.25, -0.2) is 0 Å². The third-order valence-electron chi connectivity index (χ3n) is 2.81. The summed E-state index contributed by atoms with van der Waals surface area (Å²) in [6, 6.07) is 8.82. The molecule has 0 saturated heterocycles. The molecule has 110 valence electrons. The zero-order valence-electron chi connectivity index (χ0n) is 11.3. The summed E-state index contributed by atoms with van der Waals surface area (Å²) in [6.07, 6.45) is 3.84. The van der Waals surface area contributed by atoms with Gasteiger partial charge in [-0.2, -0.15) is 0 Å². The number of rotatable bonds is 6. The Morgan fingerprint density at radius 1 is 1.14 bits per heavy atom. The highest BCUT2D eigenvalue weighted by molar-refractivity contribution is 6.35. The van der Waals surface area contributed by atoms with Gasteiger partial charge in [0.05, 0.1) is 10.7 Å². The second-order valence-electron chi connectivity index (χ2n) is 4.45. The number of hydrogen-bond donors (Lipinski definition) is 2. The molecule has 1 heterocycles. The fourth-order valence-corrected chi connectivity index (χ4v) is 2.08. The van der Waals surface area contributed by atoms with Crippen LogP contribution >= 0.6 is 23.2 Å².